The molecule has 1 aromatic carbocycles. The van der Waals surface area contributed by atoms with Gasteiger partial charge in [-0.2, -0.15) is 0 Å². The molecular formula is C23H31NO5. The minimum Gasteiger partial charge on any atom is -0.462 e. The van der Waals surface area contributed by atoms with Crippen molar-refractivity contribution in [2.75, 3.05) is 20.3 Å². The van der Waals surface area contributed by atoms with E-state index in [1.165, 1.54) is 4.90 Å². The fraction of sp³-hybridized carbons (Fsp3) is 0.522. The third-order valence-electron chi connectivity index (χ3n) is 5.06. The Hall–Kier alpha value is -2.47. The van der Waals surface area contributed by atoms with Crippen molar-refractivity contribution < 1.29 is 23.9 Å². The van der Waals surface area contributed by atoms with Crippen LogP contribution in [0.1, 0.15) is 72.6 Å². The van der Waals surface area contributed by atoms with Crippen molar-refractivity contribution >= 4 is 17.8 Å². The molecule has 0 saturated carbocycles. The Balaban J connectivity index is 1.69. The molecule has 158 valence electrons. The van der Waals surface area contributed by atoms with Crippen LogP contribution in [0, 0.1) is 0 Å². The molecule has 0 saturated heterocycles. The summed E-state index contributed by atoms with van der Waals surface area (Å²) in [4.78, 5) is 38.0. The first-order chi connectivity index (χ1) is 14.0. The zero-order valence-electron chi connectivity index (χ0n) is 17.4. The third kappa shape index (κ3) is 6.26. The normalized spacial score (nSPS) is 14.1. The molecule has 0 bridgehead atoms. The number of imide groups is 1. The van der Waals surface area contributed by atoms with Crippen LogP contribution in [-0.2, 0) is 14.3 Å². The minimum absolute atomic E-state index is 0.225. The summed E-state index contributed by atoms with van der Waals surface area (Å²) < 4.78 is 10.3. The molecule has 0 fully saturated rings. The van der Waals surface area contributed by atoms with Gasteiger partial charge >= 0.3 is 5.97 Å². The largest absolute Gasteiger partial charge is 0.462 e. The molecule has 0 radical (unpaired) electrons. The van der Waals surface area contributed by atoms with Gasteiger partial charge in [0.2, 0.25) is 0 Å². The van der Waals surface area contributed by atoms with Crippen molar-refractivity contribution in [2.45, 2.75) is 57.9 Å². The smallest absolute Gasteiger partial charge is 0.333 e. The van der Waals surface area contributed by atoms with E-state index in [-0.39, 0.29) is 23.8 Å². The number of benzene rings is 1. The molecule has 2 rings (SSSR count). The number of amides is 2. The number of hydrogen-bond donors (Lipinski definition) is 0. The maximum absolute atomic E-state index is 12.7. The summed E-state index contributed by atoms with van der Waals surface area (Å²) in [7, 11) is 1.59. The Morgan fingerprint density at radius 3 is 2.10 bits per heavy atom. The van der Waals surface area contributed by atoms with Crippen LogP contribution in [0.15, 0.2) is 36.4 Å². The van der Waals surface area contributed by atoms with E-state index in [9.17, 15) is 14.4 Å². The van der Waals surface area contributed by atoms with Gasteiger partial charge in [-0.3, -0.25) is 14.5 Å². The number of nitrogens with zero attached hydrogens (tertiary/aromatic N) is 1. The van der Waals surface area contributed by atoms with Crippen molar-refractivity contribution in [3.05, 3.63) is 47.5 Å². The Morgan fingerprint density at radius 1 is 1.00 bits per heavy atom. The number of carbonyl (C=O) groups is 3. The van der Waals surface area contributed by atoms with Crippen molar-refractivity contribution in [3.8, 4) is 0 Å². The summed E-state index contributed by atoms with van der Waals surface area (Å²) in [5.41, 5.74) is 1.38. The fourth-order valence-corrected chi connectivity index (χ4v) is 3.50. The van der Waals surface area contributed by atoms with E-state index in [0.717, 1.165) is 44.9 Å². The van der Waals surface area contributed by atoms with E-state index in [4.69, 9.17) is 9.47 Å². The van der Waals surface area contributed by atoms with Crippen molar-refractivity contribution in [2.24, 2.45) is 0 Å². The van der Waals surface area contributed by atoms with Crippen LogP contribution in [0.2, 0.25) is 0 Å². The average molecular weight is 402 g/mol. The van der Waals surface area contributed by atoms with Crippen molar-refractivity contribution in [3.63, 3.8) is 0 Å². The van der Waals surface area contributed by atoms with E-state index in [1.54, 1.807) is 38.3 Å². The zero-order valence-corrected chi connectivity index (χ0v) is 17.4. The molecule has 0 N–H and O–H groups in total. The van der Waals surface area contributed by atoms with Gasteiger partial charge in [-0.15, -0.1) is 0 Å². The number of fused-ring (bicyclic) bond motifs is 1. The van der Waals surface area contributed by atoms with Crippen molar-refractivity contribution in [1.29, 1.82) is 0 Å². The molecule has 1 heterocycles. The molecule has 0 aromatic heterocycles. The van der Waals surface area contributed by atoms with Crippen LogP contribution >= 0.6 is 0 Å². The van der Waals surface area contributed by atoms with E-state index in [1.807, 2.05) is 0 Å². The summed E-state index contributed by atoms with van der Waals surface area (Å²) in [6.07, 6.45) is 6.66. The molecule has 1 aromatic rings. The first-order valence-electron chi connectivity index (χ1n) is 10.3. The van der Waals surface area contributed by atoms with Gasteiger partial charge in [-0.1, -0.05) is 50.8 Å². The number of hydrogen-bond acceptors (Lipinski definition) is 5. The predicted molar refractivity (Wildman–Crippen MR) is 111 cm³/mol. The second kappa shape index (κ2) is 11.5. The van der Waals surface area contributed by atoms with Gasteiger partial charge in [0.15, 0.2) is 0 Å². The average Bonchev–Trinajstić information content (AvgIpc) is 2.96. The Bertz CT molecular complexity index is 708. The van der Waals surface area contributed by atoms with Crippen LogP contribution in [0.3, 0.4) is 0 Å². The topological polar surface area (TPSA) is 72.9 Å². The summed E-state index contributed by atoms with van der Waals surface area (Å²) in [5.74, 6) is -0.781. The maximum Gasteiger partial charge on any atom is 0.333 e. The molecular weight excluding hydrogens is 370 g/mol. The number of carbonyl (C=O) groups excluding carboxylic acids is 3. The second-order valence-electron chi connectivity index (χ2n) is 7.46. The lowest BCUT2D eigenvalue weighted by atomic mass is 10.0. The molecule has 6 heteroatoms. The van der Waals surface area contributed by atoms with Gasteiger partial charge in [0.1, 0.15) is 0 Å². The van der Waals surface area contributed by atoms with Crippen LogP contribution in [0.25, 0.3) is 0 Å². The van der Waals surface area contributed by atoms with Crippen LogP contribution in [0.4, 0.5) is 0 Å². The number of ether oxygens (including phenoxy) is 2. The Kier molecular flexibility index (Phi) is 9.06. The SMILES string of the molecule is C=C(C)C(=O)OCCCCCCCCC(COC)N1C(=O)c2ccccc2C1=O. The quantitative estimate of drug-likeness (QED) is 0.215. The van der Waals surface area contributed by atoms with Gasteiger partial charge in [0, 0.05) is 12.7 Å². The number of esters is 1. The van der Waals surface area contributed by atoms with Gasteiger partial charge in [0.05, 0.1) is 30.4 Å². The minimum atomic E-state index is -0.331. The Morgan fingerprint density at radius 2 is 1.55 bits per heavy atom. The van der Waals surface area contributed by atoms with E-state index >= 15 is 0 Å². The number of unbranched alkanes of at least 4 members (excludes halogenated alkanes) is 5. The molecule has 0 spiro atoms. The Labute approximate surface area is 172 Å². The lowest BCUT2D eigenvalue weighted by Crippen LogP contribution is -2.42. The van der Waals surface area contributed by atoms with E-state index in [2.05, 4.69) is 6.58 Å². The molecule has 2 amide bonds. The highest BCUT2D eigenvalue weighted by atomic mass is 16.5. The highest BCUT2D eigenvalue weighted by Gasteiger charge is 2.39. The third-order valence-corrected chi connectivity index (χ3v) is 5.06. The fourth-order valence-electron chi connectivity index (χ4n) is 3.50. The number of rotatable bonds is 13. The standard InChI is InChI=1S/C23H31NO5/c1-17(2)23(27)29-15-11-7-5-4-6-8-12-18(16-28-3)24-21(25)19-13-9-10-14-20(19)22(24)26/h9-10,13-14,18H,1,4-8,11-12,15-16H2,2-3H3. The van der Waals surface area contributed by atoms with Crippen LogP contribution in [-0.4, -0.2) is 49.0 Å². The van der Waals surface area contributed by atoms with E-state index in [0.29, 0.717) is 29.9 Å². The highest BCUT2D eigenvalue weighted by molar-refractivity contribution is 6.21. The predicted octanol–water partition coefficient (Wildman–Crippen LogP) is 4.15. The molecule has 1 aliphatic rings. The molecule has 1 atom stereocenters. The monoisotopic (exact) mass is 401 g/mol. The maximum atomic E-state index is 12.7. The number of methoxy groups -OCH3 is 1. The summed E-state index contributed by atoms with van der Waals surface area (Å²) in [6, 6.07) is 6.71. The van der Waals surface area contributed by atoms with Crippen LogP contribution in [0.5, 0.6) is 0 Å². The molecule has 29 heavy (non-hydrogen) atoms. The van der Waals surface area contributed by atoms with Gasteiger partial charge in [-0.25, -0.2) is 4.79 Å². The molecule has 1 unspecified atom stereocenters. The van der Waals surface area contributed by atoms with Crippen LogP contribution < -0.4 is 0 Å². The van der Waals surface area contributed by atoms with Gasteiger partial charge in [0.25, 0.3) is 11.8 Å². The molecule has 1 aliphatic heterocycles. The summed E-state index contributed by atoms with van der Waals surface area (Å²) in [5, 5.41) is 0. The lowest BCUT2D eigenvalue weighted by Gasteiger charge is -2.25. The summed E-state index contributed by atoms with van der Waals surface area (Å²) in [6.45, 7) is 5.97. The first kappa shape index (κ1) is 22.8. The first-order valence-corrected chi connectivity index (χ1v) is 10.3. The zero-order chi connectivity index (χ0) is 21.2. The highest BCUT2D eigenvalue weighted by Crippen LogP contribution is 2.26. The van der Waals surface area contributed by atoms with E-state index < -0.39 is 0 Å². The molecule has 0 aliphatic carbocycles. The summed E-state index contributed by atoms with van der Waals surface area (Å²) >= 11 is 0. The van der Waals surface area contributed by atoms with Crippen molar-refractivity contribution in [1.82, 2.24) is 4.90 Å². The van der Waals surface area contributed by atoms with Gasteiger partial charge < -0.3 is 9.47 Å². The second-order valence-corrected chi connectivity index (χ2v) is 7.46. The lowest BCUT2D eigenvalue weighted by molar-refractivity contribution is -0.139. The van der Waals surface area contributed by atoms with Gasteiger partial charge in [-0.05, 0) is 31.9 Å². The molecule has 6 nitrogen and oxygen atoms in total.